The van der Waals surface area contributed by atoms with Crippen molar-refractivity contribution in [1.29, 1.82) is 0 Å². The lowest BCUT2D eigenvalue weighted by atomic mass is 9.93. The Bertz CT molecular complexity index is 796. The van der Waals surface area contributed by atoms with Crippen LogP contribution in [0, 0.1) is 6.92 Å². The van der Waals surface area contributed by atoms with E-state index in [0.29, 0.717) is 18.5 Å². The van der Waals surface area contributed by atoms with Crippen LogP contribution in [0.1, 0.15) is 37.8 Å². The zero-order chi connectivity index (χ0) is 17.5. The van der Waals surface area contributed by atoms with Crippen LogP contribution >= 0.6 is 0 Å². The summed E-state index contributed by atoms with van der Waals surface area (Å²) in [6, 6.07) is 0. The third-order valence-corrected chi connectivity index (χ3v) is 4.58. The van der Waals surface area contributed by atoms with Gasteiger partial charge < -0.3 is 14.6 Å². The highest BCUT2D eigenvalue weighted by molar-refractivity contribution is 5.89. The van der Waals surface area contributed by atoms with Crippen LogP contribution in [0.4, 0.5) is 5.69 Å². The molecule has 1 aliphatic heterocycles. The van der Waals surface area contributed by atoms with Gasteiger partial charge in [-0.25, -0.2) is 4.79 Å². The van der Waals surface area contributed by atoms with Gasteiger partial charge in [-0.3, -0.25) is 14.2 Å². The number of carbonyl (C=O) groups is 1. The second-order valence-electron chi connectivity index (χ2n) is 6.09. The van der Waals surface area contributed by atoms with Gasteiger partial charge >= 0.3 is 5.97 Å². The molecule has 1 spiro atoms. The lowest BCUT2D eigenvalue weighted by Crippen LogP contribution is -2.45. The first kappa shape index (κ1) is 16.3. The summed E-state index contributed by atoms with van der Waals surface area (Å²) in [5.74, 6) is -2.88. The molecule has 1 aliphatic carbocycles. The fourth-order valence-corrected chi connectivity index (χ4v) is 2.95. The third kappa shape index (κ3) is 2.59. The van der Waals surface area contributed by atoms with E-state index >= 15 is 0 Å². The second kappa shape index (κ2) is 5.81. The Labute approximate surface area is 138 Å². The van der Waals surface area contributed by atoms with Crippen LogP contribution in [-0.2, 0) is 28.4 Å². The van der Waals surface area contributed by atoms with E-state index < -0.39 is 23.4 Å². The van der Waals surface area contributed by atoms with Gasteiger partial charge in [0.2, 0.25) is 0 Å². The van der Waals surface area contributed by atoms with Crippen molar-refractivity contribution < 1.29 is 19.4 Å². The maximum Gasteiger partial charge on any atom is 0.362 e. The molecule has 24 heavy (non-hydrogen) atoms. The second-order valence-corrected chi connectivity index (χ2v) is 6.09. The van der Waals surface area contributed by atoms with Crippen LogP contribution in [0.2, 0.25) is 0 Å². The Morgan fingerprint density at radius 2 is 1.71 bits per heavy atom. The number of hydrogen-bond donors (Lipinski definition) is 0. The van der Waals surface area contributed by atoms with Gasteiger partial charge in [0, 0.05) is 14.1 Å². The van der Waals surface area contributed by atoms with Gasteiger partial charge in [0.25, 0.3) is 5.56 Å². The van der Waals surface area contributed by atoms with Gasteiger partial charge in [-0.1, -0.05) is 6.42 Å². The molecule has 0 atom stereocenters. The number of ether oxygens (including phenoxy) is 2. The number of nitrogens with zero attached hydrogens (tertiary/aromatic N) is 4. The summed E-state index contributed by atoms with van der Waals surface area (Å²) in [6.07, 6.45) is 3.66. The van der Waals surface area contributed by atoms with E-state index in [2.05, 4.69) is 10.2 Å². The lowest BCUT2D eigenvalue weighted by molar-refractivity contribution is -0.402. The molecule has 1 fully saturated rings. The number of rotatable bonds is 2. The van der Waals surface area contributed by atoms with E-state index in [0.717, 1.165) is 19.3 Å². The van der Waals surface area contributed by atoms with E-state index in [9.17, 15) is 14.7 Å². The van der Waals surface area contributed by atoms with Crippen LogP contribution in [0.25, 0.3) is 0 Å². The summed E-state index contributed by atoms with van der Waals surface area (Å²) >= 11 is 0. The van der Waals surface area contributed by atoms with Crippen LogP contribution in [0.5, 0.6) is 0 Å². The SMILES string of the molecule is Cc1c(N=NC2=C([O-])OC3(CCCCC3)OC2=O)c(=O)n(C)n1C. The van der Waals surface area contributed by atoms with E-state index in [1.165, 1.54) is 4.68 Å². The molecule has 9 nitrogen and oxygen atoms in total. The first-order chi connectivity index (χ1) is 11.3. The predicted octanol–water partition coefficient (Wildman–Crippen LogP) is 0.879. The molecule has 9 heteroatoms. The molecule has 1 aromatic rings. The van der Waals surface area contributed by atoms with Gasteiger partial charge in [-0.15, -0.1) is 10.2 Å². The Balaban J connectivity index is 1.90. The van der Waals surface area contributed by atoms with E-state index in [-0.39, 0.29) is 11.2 Å². The fraction of sp³-hybridized carbons (Fsp3) is 0.600. The quantitative estimate of drug-likeness (QED) is 0.588. The molecule has 0 bridgehead atoms. The molecule has 0 N–H and O–H groups in total. The van der Waals surface area contributed by atoms with Crippen LogP contribution in [0.3, 0.4) is 0 Å². The smallest absolute Gasteiger partial charge is 0.362 e. The normalized spacial score (nSPS) is 20.5. The Hall–Kier alpha value is -2.58. The van der Waals surface area contributed by atoms with Gasteiger partial charge in [-0.2, -0.15) is 0 Å². The molecule has 0 radical (unpaired) electrons. The molecule has 0 unspecified atom stereocenters. The molecule has 3 rings (SSSR count). The van der Waals surface area contributed by atoms with E-state index in [4.69, 9.17) is 9.47 Å². The summed E-state index contributed by atoms with van der Waals surface area (Å²) in [4.78, 5) is 24.2. The standard InChI is InChI=1S/C15H20N4O5/c1-9-10(12(20)19(3)18(9)2)16-17-11-13(21)23-15(24-14(11)22)7-5-4-6-8-15/h21H,4-8H2,1-3H3/p-1. The first-order valence-corrected chi connectivity index (χ1v) is 7.82. The lowest BCUT2D eigenvalue weighted by Gasteiger charge is -2.45. The largest absolute Gasteiger partial charge is 0.573 e. The first-order valence-electron chi connectivity index (χ1n) is 7.82. The predicted molar refractivity (Wildman–Crippen MR) is 79.9 cm³/mol. The van der Waals surface area contributed by atoms with Crippen molar-refractivity contribution in [1.82, 2.24) is 9.36 Å². The van der Waals surface area contributed by atoms with E-state index in [1.54, 1.807) is 25.7 Å². The summed E-state index contributed by atoms with van der Waals surface area (Å²) in [7, 11) is 3.27. The summed E-state index contributed by atoms with van der Waals surface area (Å²) in [5.41, 5.74) is -0.295. The highest BCUT2D eigenvalue weighted by Gasteiger charge is 2.38. The topological polar surface area (TPSA) is 110 Å². The minimum Gasteiger partial charge on any atom is -0.573 e. The molecule has 0 saturated heterocycles. The molecule has 1 aromatic heterocycles. The van der Waals surface area contributed by atoms with Gasteiger partial charge in [0.05, 0.1) is 11.6 Å². The molecule has 1 saturated carbocycles. The number of azo groups is 1. The van der Waals surface area contributed by atoms with Crippen molar-refractivity contribution in [3.8, 4) is 0 Å². The highest BCUT2D eigenvalue weighted by Crippen LogP contribution is 2.38. The zero-order valence-electron chi connectivity index (χ0n) is 13.9. The number of carbonyl (C=O) groups excluding carboxylic acids is 1. The fourth-order valence-electron chi connectivity index (χ4n) is 2.95. The third-order valence-electron chi connectivity index (χ3n) is 4.58. The molecule has 0 amide bonds. The van der Waals surface area contributed by atoms with Crippen molar-refractivity contribution in [2.75, 3.05) is 0 Å². The van der Waals surface area contributed by atoms with Gasteiger partial charge in [0.15, 0.2) is 17.2 Å². The van der Waals surface area contributed by atoms with Crippen molar-refractivity contribution in [2.24, 2.45) is 24.3 Å². The van der Waals surface area contributed by atoms with Crippen molar-refractivity contribution in [3.05, 3.63) is 27.7 Å². The molecule has 130 valence electrons. The molecule has 2 heterocycles. The van der Waals surface area contributed by atoms with Crippen LogP contribution in [0.15, 0.2) is 26.7 Å². The maximum absolute atomic E-state index is 12.1. The van der Waals surface area contributed by atoms with Crippen molar-refractivity contribution >= 4 is 11.7 Å². The highest BCUT2D eigenvalue weighted by atomic mass is 16.8. The minimum atomic E-state index is -1.16. The van der Waals surface area contributed by atoms with Gasteiger partial charge in [-0.05, 0) is 32.6 Å². The number of hydrogen-bond acceptors (Lipinski definition) is 7. The Kier molecular flexibility index (Phi) is 3.94. The molecule has 2 aliphatic rings. The summed E-state index contributed by atoms with van der Waals surface area (Å²) in [6.45, 7) is 1.69. The Morgan fingerprint density at radius 1 is 1.04 bits per heavy atom. The average molecular weight is 335 g/mol. The monoisotopic (exact) mass is 335 g/mol. The molecular formula is C15H19N4O5-. The average Bonchev–Trinajstić information content (AvgIpc) is 2.72. The summed E-state index contributed by atoms with van der Waals surface area (Å²) in [5, 5.41) is 19.6. The Morgan fingerprint density at radius 3 is 2.25 bits per heavy atom. The van der Waals surface area contributed by atoms with Gasteiger partial charge in [0.1, 0.15) is 0 Å². The minimum absolute atomic E-state index is 0.0612. The molecular weight excluding hydrogens is 316 g/mol. The van der Waals surface area contributed by atoms with E-state index in [1.807, 2.05) is 0 Å². The van der Waals surface area contributed by atoms with Crippen molar-refractivity contribution in [3.63, 3.8) is 0 Å². The van der Waals surface area contributed by atoms with Crippen LogP contribution in [-0.4, -0.2) is 21.1 Å². The van der Waals surface area contributed by atoms with Crippen molar-refractivity contribution in [2.45, 2.75) is 44.8 Å². The maximum atomic E-state index is 12.1. The molecule has 0 aromatic carbocycles. The number of esters is 1. The zero-order valence-corrected chi connectivity index (χ0v) is 13.9. The van der Waals surface area contributed by atoms with Crippen LogP contribution < -0.4 is 10.7 Å². The summed E-state index contributed by atoms with van der Waals surface area (Å²) < 4.78 is 13.6. The number of aromatic nitrogens is 2.